The molecule has 1 heterocycles. The SMILES string of the molecule is CCCOc1ccc(C(N)c2coc3ccccc23)cc1. The van der Waals surface area contributed by atoms with Crippen LogP contribution in [0.5, 0.6) is 5.75 Å². The molecule has 3 aromatic rings. The minimum absolute atomic E-state index is 0.200. The van der Waals surface area contributed by atoms with Crippen LogP contribution in [-0.4, -0.2) is 6.61 Å². The maximum atomic E-state index is 6.38. The molecule has 2 aromatic carbocycles. The number of para-hydroxylation sites is 1. The zero-order valence-electron chi connectivity index (χ0n) is 12.1. The van der Waals surface area contributed by atoms with Crippen molar-refractivity contribution in [2.24, 2.45) is 5.73 Å². The minimum atomic E-state index is -0.200. The molecule has 1 aromatic heterocycles. The van der Waals surface area contributed by atoms with Gasteiger partial charge in [-0.2, -0.15) is 0 Å². The lowest BCUT2D eigenvalue weighted by molar-refractivity contribution is 0.317. The van der Waals surface area contributed by atoms with Crippen molar-refractivity contribution in [2.75, 3.05) is 6.61 Å². The van der Waals surface area contributed by atoms with Crippen molar-refractivity contribution in [3.63, 3.8) is 0 Å². The predicted octanol–water partition coefficient (Wildman–Crippen LogP) is 4.27. The summed E-state index contributed by atoms with van der Waals surface area (Å²) in [7, 11) is 0. The van der Waals surface area contributed by atoms with E-state index in [1.54, 1.807) is 6.26 Å². The highest BCUT2D eigenvalue weighted by Crippen LogP contribution is 2.29. The van der Waals surface area contributed by atoms with E-state index in [0.29, 0.717) is 0 Å². The molecular formula is C18H19NO2. The number of nitrogens with two attached hydrogens (primary N) is 1. The van der Waals surface area contributed by atoms with Gasteiger partial charge in [0.15, 0.2) is 0 Å². The average molecular weight is 281 g/mol. The van der Waals surface area contributed by atoms with Gasteiger partial charge in [-0.1, -0.05) is 37.3 Å². The fourth-order valence-corrected chi connectivity index (χ4v) is 2.41. The molecule has 0 aliphatic rings. The smallest absolute Gasteiger partial charge is 0.134 e. The summed E-state index contributed by atoms with van der Waals surface area (Å²) in [6.07, 6.45) is 2.75. The lowest BCUT2D eigenvalue weighted by atomic mass is 9.99. The first-order valence-electron chi connectivity index (χ1n) is 7.24. The van der Waals surface area contributed by atoms with E-state index in [0.717, 1.165) is 40.9 Å². The molecule has 21 heavy (non-hydrogen) atoms. The molecule has 0 amide bonds. The topological polar surface area (TPSA) is 48.4 Å². The van der Waals surface area contributed by atoms with E-state index in [2.05, 4.69) is 6.92 Å². The van der Waals surface area contributed by atoms with Gasteiger partial charge in [-0.3, -0.25) is 0 Å². The van der Waals surface area contributed by atoms with Crippen molar-refractivity contribution in [3.05, 3.63) is 65.9 Å². The monoisotopic (exact) mass is 281 g/mol. The fourth-order valence-electron chi connectivity index (χ4n) is 2.41. The Morgan fingerprint density at radius 2 is 1.86 bits per heavy atom. The minimum Gasteiger partial charge on any atom is -0.494 e. The van der Waals surface area contributed by atoms with Crippen molar-refractivity contribution in [2.45, 2.75) is 19.4 Å². The van der Waals surface area contributed by atoms with Crippen molar-refractivity contribution in [1.82, 2.24) is 0 Å². The van der Waals surface area contributed by atoms with Crippen molar-refractivity contribution < 1.29 is 9.15 Å². The Hall–Kier alpha value is -2.26. The Kier molecular flexibility index (Phi) is 3.93. The third-order valence-electron chi connectivity index (χ3n) is 3.56. The lowest BCUT2D eigenvalue weighted by Gasteiger charge is -2.12. The number of furan rings is 1. The molecule has 0 saturated heterocycles. The Labute approximate surface area is 124 Å². The van der Waals surface area contributed by atoms with E-state index in [1.165, 1.54) is 0 Å². The number of hydrogen-bond donors (Lipinski definition) is 1. The highest BCUT2D eigenvalue weighted by Gasteiger charge is 2.14. The summed E-state index contributed by atoms with van der Waals surface area (Å²) in [5.74, 6) is 0.879. The Morgan fingerprint density at radius 3 is 2.62 bits per heavy atom. The molecular weight excluding hydrogens is 262 g/mol. The summed E-state index contributed by atoms with van der Waals surface area (Å²) in [5, 5.41) is 1.07. The van der Waals surface area contributed by atoms with Crippen LogP contribution in [0.3, 0.4) is 0 Å². The van der Waals surface area contributed by atoms with Crippen LogP contribution in [0.2, 0.25) is 0 Å². The van der Waals surface area contributed by atoms with Crippen LogP contribution in [0, 0.1) is 0 Å². The van der Waals surface area contributed by atoms with Crippen LogP contribution in [0.15, 0.2) is 59.2 Å². The summed E-state index contributed by atoms with van der Waals surface area (Å²) in [5.41, 5.74) is 9.30. The van der Waals surface area contributed by atoms with Gasteiger partial charge in [-0.25, -0.2) is 0 Å². The van der Waals surface area contributed by atoms with Gasteiger partial charge in [0, 0.05) is 10.9 Å². The number of benzene rings is 2. The first kappa shape index (κ1) is 13.7. The fraction of sp³-hybridized carbons (Fsp3) is 0.222. The molecule has 3 nitrogen and oxygen atoms in total. The molecule has 1 unspecified atom stereocenters. The Bertz CT molecular complexity index is 715. The van der Waals surface area contributed by atoms with Gasteiger partial charge in [-0.15, -0.1) is 0 Å². The highest BCUT2D eigenvalue weighted by atomic mass is 16.5. The van der Waals surface area contributed by atoms with E-state index >= 15 is 0 Å². The first-order chi connectivity index (χ1) is 10.3. The largest absolute Gasteiger partial charge is 0.494 e. The normalized spacial score (nSPS) is 12.5. The second kappa shape index (κ2) is 6.02. The van der Waals surface area contributed by atoms with Crippen LogP contribution in [0.4, 0.5) is 0 Å². The maximum absolute atomic E-state index is 6.38. The quantitative estimate of drug-likeness (QED) is 0.759. The molecule has 0 aliphatic heterocycles. The van der Waals surface area contributed by atoms with E-state index in [1.807, 2.05) is 48.5 Å². The lowest BCUT2D eigenvalue weighted by Crippen LogP contribution is -2.11. The molecule has 3 heteroatoms. The van der Waals surface area contributed by atoms with Gasteiger partial charge >= 0.3 is 0 Å². The van der Waals surface area contributed by atoms with Gasteiger partial charge in [0.2, 0.25) is 0 Å². The average Bonchev–Trinajstić information content (AvgIpc) is 2.97. The molecule has 0 radical (unpaired) electrons. The second-order valence-electron chi connectivity index (χ2n) is 5.08. The molecule has 0 fully saturated rings. The van der Waals surface area contributed by atoms with E-state index < -0.39 is 0 Å². The zero-order valence-corrected chi connectivity index (χ0v) is 12.1. The third-order valence-corrected chi connectivity index (χ3v) is 3.56. The van der Waals surface area contributed by atoms with E-state index in [4.69, 9.17) is 14.9 Å². The summed E-state index contributed by atoms with van der Waals surface area (Å²) in [6, 6.07) is 15.7. The molecule has 1 atom stereocenters. The van der Waals surface area contributed by atoms with E-state index in [-0.39, 0.29) is 6.04 Å². The molecule has 0 bridgehead atoms. The van der Waals surface area contributed by atoms with Crippen molar-refractivity contribution >= 4 is 11.0 Å². The van der Waals surface area contributed by atoms with Gasteiger partial charge < -0.3 is 14.9 Å². The van der Waals surface area contributed by atoms with Gasteiger partial charge in [-0.05, 0) is 30.2 Å². The van der Waals surface area contributed by atoms with Crippen LogP contribution >= 0.6 is 0 Å². The van der Waals surface area contributed by atoms with Crippen molar-refractivity contribution in [1.29, 1.82) is 0 Å². The molecule has 0 aliphatic carbocycles. The Morgan fingerprint density at radius 1 is 1.10 bits per heavy atom. The summed E-state index contributed by atoms with van der Waals surface area (Å²) < 4.78 is 11.2. The molecule has 0 saturated carbocycles. The number of rotatable bonds is 5. The second-order valence-corrected chi connectivity index (χ2v) is 5.08. The van der Waals surface area contributed by atoms with Gasteiger partial charge in [0.1, 0.15) is 11.3 Å². The maximum Gasteiger partial charge on any atom is 0.134 e. The number of hydrogen-bond acceptors (Lipinski definition) is 3. The van der Waals surface area contributed by atoms with E-state index in [9.17, 15) is 0 Å². The third kappa shape index (κ3) is 2.78. The number of fused-ring (bicyclic) bond motifs is 1. The Balaban J connectivity index is 1.86. The van der Waals surface area contributed by atoms with Gasteiger partial charge in [0.25, 0.3) is 0 Å². The molecule has 108 valence electrons. The molecule has 3 rings (SSSR count). The van der Waals surface area contributed by atoms with Gasteiger partial charge in [0.05, 0.1) is 18.9 Å². The summed E-state index contributed by atoms with van der Waals surface area (Å²) in [4.78, 5) is 0. The highest BCUT2D eigenvalue weighted by molar-refractivity contribution is 5.81. The van der Waals surface area contributed by atoms with Crippen LogP contribution in [0.25, 0.3) is 11.0 Å². The van der Waals surface area contributed by atoms with Crippen LogP contribution < -0.4 is 10.5 Å². The standard InChI is InChI=1S/C18H19NO2/c1-2-11-20-14-9-7-13(8-10-14)18(19)16-12-21-17-6-4-3-5-15(16)17/h3-10,12,18H,2,11,19H2,1H3. The summed E-state index contributed by atoms with van der Waals surface area (Å²) >= 11 is 0. The zero-order chi connectivity index (χ0) is 14.7. The predicted molar refractivity (Wildman–Crippen MR) is 84.5 cm³/mol. The van der Waals surface area contributed by atoms with Crippen molar-refractivity contribution in [3.8, 4) is 5.75 Å². The first-order valence-corrected chi connectivity index (χ1v) is 7.24. The summed E-state index contributed by atoms with van der Waals surface area (Å²) in [6.45, 7) is 2.83. The number of ether oxygens (including phenoxy) is 1. The van der Waals surface area contributed by atoms with Crippen LogP contribution in [0.1, 0.15) is 30.5 Å². The molecule has 0 spiro atoms. The van der Waals surface area contributed by atoms with Crippen LogP contribution in [-0.2, 0) is 0 Å². The molecule has 2 N–H and O–H groups in total.